The average Bonchev–Trinajstić information content (AvgIpc) is 3.27. The van der Waals surface area contributed by atoms with E-state index < -0.39 is 17.7 Å². The summed E-state index contributed by atoms with van der Waals surface area (Å²) in [5.74, 6) is 0.337. The highest BCUT2D eigenvalue weighted by molar-refractivity contribution is 5.98. The molecule has 0 saturated carbocycles. The second-order valence-corrected chi connectivity index (χ2v) is 6.47. The highest BCUT2D eigenvalue weighted by atomic mass is 16.7. The summed E-state index contributed by atoms with van der Waals surface area (Å²) >= 11 is 0. The fourth-order valence-corrected chi connectivity index (χ4v) is 2.68. The van der Waals surface area contributed by atoms with E-state index in [-0.39, 0.29) is 18.9 Å². The summed E-state index contributed by atoms with van der Waals surface area (Å²) in [5.41, 5.74) is 5.12. The number of rotatable bonds is 8. The van der Waals surface area contributed by atoms with Gasteiger partial charge in [0.1, 0.15) is 0 Å². The number of hydrogen-bond acceptors (Lipinski definition) is 7. The number of carbonyl (C=O) groups excluding carboxylic acids is 3. The summed E-state index contributed by atoms with van der Waals surface area (Å²) in [7, 11) is 1.47. The first-order valence-corrected chi connectivity index (χ1v) is 9.59. The van der Waals surface area contributed by atoms with E-state index in [1.54, 1.807) is 24.3 Å². The normalized spacial score (nSPS) is 11.4. The maximum absolute atomic E-state index is 12.3. The molecule has 0 atom stereocenters. The molecule has 0 aromatic heterocycles. The van der Waals surface area contributed by atoms with Crippen molar-refractivity contribution in [3.63, 3.8) is 0 Å². The first-order chi connectivity index (χ1) is 15.0. The van der Waals surface area contributed by atoms with E-state index in [4.69, 9.17) is 18.9 Å². The first-order valence-electron chi connectivity index (χ1n) is 9.59. The van der Waals surface area contributed by atoms with Crippen LogP contribution in [0.1, 0.15) is 34.1 Å². The van der Waals surface area contributed by atoms with Crippen molar-refractivity contribution in [3.8, 4) is 23.0 Å². The van der Waals surface area contributed by atoms with Crippen molar-refractivity contribution >= 4 is 17.7 Å². The lowest BCUT2D eigenvalue weighted by Gasteiger charge is -2.12. The second-order valence-electron chi connectivity index (χ2n) is 6.47. The van der Waals surface area contributed by atoms with Gasteiger partial charge >= 0.3 is 0 Å². The minimum Gasteiger partial charge on any atom is -0.493 e. The topological polar surface area (TPSA) is 124 Å². The van der Waals surface area contributed by atoms with Crippen LogP contribution in [-0.2, 0) is 4.79 Å². The maximum Gasteiger partial charge on any atom is 0.269 e. The first kappa shape index (κ1) is 21.8. The van der Waals surface area contributed by atoms with Crippen LogP contribution < -0.4 is 35.1 Å². The zero-order valence-corrected chi connectivity index (χ0v) is 17.2. The maximum atomic E-state index is 12.3. The van der Waals surface area contributed by atoms with E-state index >= 15 is 0 Å². The van der Waals surface area contributed by atoms with Crippen molar-refractivity contribution in [3.05, 3.63) is 47.5 Å². The molecular weight excluding hydrogens is 406 g/mol. The number of hydrazine groups is 1. The van der Waals surface area contributed by atoms with E-state index in [9.17, 15) is 14.4 Å². The predicted octanol–water partition coefficient (Wildman–Crippen LogP) is 1.40. The number of nitrogens with one attached hydrogen (secondary N) is 3. The van der Waals surface area contributed by atoms with E-state index in [2.05, 4.69) is 16.2 Å². The third-order valence-electron chi connectivity index (χ3n) is 4.25. The molecule has 1 aliphatic rings. The van der Waals surface area contributed by atoms with Gasteiger partial charge in [-0.15, -0.1) is 0 Å². The standard InChI is InChI=1S/C21H23N3O7/c1-3-8-29-15-6-5-14(9-17(15)28-2)21(27)24-23-19(25)11-22-20(26)13-4-7-16-18(10-13)31-12-30-16/h4-7,9-10H,3,8,11-12H2,1-2H3,(H,22,26)(H,23,25)(H,24,27). The number of amides is 3. The van der Waals surface area contributed by atoms with Gasteiger partial charge in [-0.05, 0) is 42.8 Å². The largest absolute Gasteiger partial charge is 0.493 e. The summed E-state index contributed by atoms with van der Waals surface area (Å²) in [6.45, 7) is 2.27. The number of ether oxygens (including phenoxy) is 4. The van der Waals surface area contributed by atoms with Crippen LogP contribution in [0.2, 0.25) is 0 Å². The molecule has 0 aliphatic carbocycles. The van der Waals surface area contributed by atoms with Gasteiger partial charge in [0.05, 0.1) is 20.3 Å². The van der Waals surface area contributed by atoms with E-state index in [1.807, 2.05) is 6.92 Å². The van der Waals surface area contributed by atoms with Crippen molar-refractivity contribution in [1.29, 1.82) is 0 Å². The molecule has 31 heavy (non-hydrogen) atoms. The lowest BCUT2D eigenvalue weighted by atomic mass is 10.2. The molecular formula is C21H23N3O7. The zero-order valence-electron chi connectivity index (χ0n) is 17.2. The summed E-state index contributed by atoms with van der Waals surface area (Å²) in [5, 5.41) is 2.46. The molecule has 10 heteroatoms. The lowest BCUT2D eigenvalue weighted by molar-refractivity contribution is -0.120. The zero-order chi connectivity index (χ0) is 22.2. The Hall–Kier alpha value is -3.95. The summed E-state index contributed by atoms with van der Waals surface area (Å²) in [6, 6.07) is 9.38. The van der Waals surface area contributed by atoms with Crippen molar-refractivity contribution in [2.75, 3.05) is 27.1 Å². The number of benzene rings is 2. The quantitative estimate of drug-likeness (QED) is 0.542. The Balaban J connectivity index is 1.48. The fraction of sp³-hybridized carbons (Fsp3) is 0.286. The van der Waals surface area contributed by atoms with Crippen LogP contribution in [0.4, 0.5) is 0 Å². The number of methoxy groups -OCH3 is 1. The van der Waals surface area contributed by atoms with Gasteiger partial charge in [-0.25, -0.2) is 0 Å². The molecule has 3 rings (SSSR count). The van der Waals surface area contributed by atoms with Crippen LogP contribution in [0.15, 0.2) is 36.4 Å². The van der Waals surface area contributed by atoms with Gasteiger partial charge in [0.2, 0.25) is 6.79 Å². The van der Waals surface area contributed by atoms with Crippen LogP contribution in [-0.4, -0.2) is 44.8 Å². The highest BCUT2D eigenvalue weighted by Gasteiger charge is 2.17. The lowest BCUT2D eigenvalue weighted by Crippen LogP contribution is -2.46. The summed E-state index contributed by atoms with van der Waals surface area (Å²) in [4.78, 5) is 36.4. The Labute approximate surface area is 178 Å². The third-order valence-corrected chi connectivity index (χ3v) is 4.25. The Morgan fingerprint density at radius 3 is 2.45 bits per heavy atom. The molecule has 3 amide bonds. The predicted molar refractivity (Wildman–Crippen MR) is 109 cm³/mol. The third kappa shape index (κ3) is 5.56. The Kier molecular flexibility index (Phi) is 7.15. The number of hydrogen-bond donors (Lipinski definition) is 3. The molecule has 0 bridgehead atoms. The molecule has 0 radical (unpaired) electrons. The van der Waals surface area contributed by atoms with Crippen LogP contribution in [0, 0.1) is 0 Å². The van der Waals surface area contributed by atoms with E-state index in [0.717, 1.165) is 6.42 Å². The van der Waals surface area contributed by atoms with Crippen LogP contribution in [0.3, 0.4) is 0 Å². The molecule has 3 N–H and O–H groups in total. The molecule has 1 heterocycles. The van der Waals surface area contributed by atoms with Crippen molar-refractivity contribution in [1.82, 2.24) is 16.2 Å². The molecule has 2 aromatic rings. The van der Waals surface area contributed by atoms with Gasteiger partial charge in [0.25, 0.3) is 17.7 Å². The van der Waals surface area contributed by atoms with Crippen LogP contribution in [0.5, 0.6) is 23.0 Å². The summed E-state index contributed by atoms with van der Waals surface area (Å²) in [6.07, 6.45) is 0.836. The molecule has 0 unspecified atom stereocenters. The Bertz CT molecular complexity index is 977. The summed E-state index contributed by atoms with van der Waals surface area (Å²) < 4.78 is 21.2. The number of fused-ring (bicyclic) bond motifs is 1. The van der Waals surface area contributed by atoms with Crippen LogP contribution in [0.25, 0.3) is 0 Å². The Morgan fingerprint density at radius 2 is 1.68 bits per heavy atom. The minimum absolute atomic E-state index is 0.100. The smallest absolute Gasteiger partial charge is 0.269 e. The molecule has 2 aromatic carbocycles. The molecule has 164 valence electrons. The molecule has 0 spiro atoms. The molecule has 1 aliphatic heterocycles. The second kappa shape index (κ2) is 10.2. The van der Waals surface area contributed by atoms with E-state index in [0.29, 0.717) is 35.2 Å². The van der Waals surface area contributed by atoms with Crippen molar-refractivity contribution in [2.45, 2.75) is 13.3 Å². The van der Waals surface area contributed by atoms with Gasteiger partial charge in [0, 0.05) is 11.1 Å². The molecule has 0 fully saturated rings. The SMILES string of the molecule is CCCOc1ccc(C(=O)NNC(=O)CNC(=O)c2ccc3c(c2)OCO3)cc1OC. The Morgan fingerprint density at radius 1 is 0.935 bits per heavy atom. The average molecular weight is 429 g/mol. The van der Waals surface area contributed by atoms with E-state index in [1.165, 1.54) is 19.2 Å². The highest BCUT2D eigenvalue weighted by Crippen LogP contribution is 2.32. The van der Waals surface area contributed by atoms with Crippen LogP contribution >= 0.6 is 0 Å². The molecule has 0 saturated heterocycles. The number of carbonyl (C=O) groups is 3. The fourth-order valence-electron chi connectivity index (χ4n) is 2.68. The van der Waals surface area contributed by atoms with Gasteiger partial charge < -0.3 is 24.3 Å². The minimum atomic E-state index is -0.600. The van der Waals surface area contributed by atoms with Gasteiger partial charge in [-0.3, -0.25) is 25.2 Å². The van der Waals surface area contributed by atoms with Gasteiger partial charge in [-0.1, -0.05) is 6.92 Å². The van der Waals surface area contributed by atoms with Crippen molar-refractivity contribution in [2.24, 2.45) is 0 Å². The van der Waals surface area contributed by atoms with Gasteiger partial charge in [0.15, 0.2) is 23.0 Å². The monoisotopic (exact) mass is 429 g/mol. The van der Waals surface area contributed by atoms with Gasteiger partial charge in [-0.2, -0.15) is 0 Å². The van der Waals surface area contributed by atoms with Crippen molar-refractivity contribution < 1.29 is 33.3 Å². The molecule has 10 nitrogen and oxygen atoms in total.